The molecule has 28 heavy (non-hydrogen) atoms. The molecule has 3 heterocycles. The molecule has 0 spiro atoms. The van der Waals surface area contributed by atoms with Gasteiger partial charge in [0.05, 0.1) is 11.9 Å². The molecule has 0 saturated carbocycles. The lowest BCUT2D eigenvalue weighted by molar-refractivity contribution is -0.904. The number of aromatic amines is 1. The van der Waals surface area contributed by atoms with Crippen molar-refractivity contribution in [2.45, 2.75) is 46.7 Å². The molecule has 150 valence electrons. The maximum atomic E-state index is 12.8. The molecule has 1 amide bonds. The van der Waals surface area contributed by atoms with Crippen molar-refractivity contribution < 1.29 is 9.69 Å². The maximum Gasteiger partial charge on any atom is 0.275 e. The summed E-state index contributed by atoms with van der Waals surface area (Å²) in [5, 5.41) is 5.64. The van der Waals surface area contributed by atoms with E-state index in [2.05, 4.69) is 28.3 Å². The van der Waals surface area contributed by atoms with Crippen molar-refractivity contribution in [1.29, 1.82) is 0 Å². The smallest absolute Gasteiger partial charge is 0.275 e. The third kappa shape index (κ3) is 4.87. The summed E-state index contributed by atoms with van der Waals surface area (Å²) in [7, 11) is 0. The molecule has 3 aromatic rings. The van der Waals surface area contributed by atoms with E-state index in [0.717, 1.165) is 26.7 Å². The number of fused-ring (bicyclic) bond motifs is 1. The minimum Gasteiger partial charge on any atom is -0.347 e. The van der Waals surface area contributed by atoms with Crippen LogP contribution in [0.5, 0.6) is 0 Å². The number of likely N-dealkylation sites (N-methyl/N-ethyl adjacent to an activating group) is 1. The van der Waals surface area contributed by atoms with Crippen LogP contribution in [0.1, 0.15) is 38.4 Å². The minimum absolute atomic E-state index is 0.000694. The topological polar surface area (TPSA) is 79.3 Å². The quantitative estimate of drug-likeness (QED) is 0.574. The Hall–Kier alpha value is -2.03. The zero-order valence-electron chi connectivity index (χ0n) is 16.9. The van der Waals surface area contributed by atoms with Gasteiger partial charge in [-0.2, -0.15) is 0 Å². The normalized spacial score (nSPS) is 13.0. The molecule has 0 fully saturated rings. The van der Waals surface area contributed by atoms with Crippen LogP contribution in [0, 0.1) is 6.92 Å². The number of nitrogens with zero attached hydrogens (tertiary/aromatic N) is 1. The van der Waals surface area contributed by atoms with E-state index >= 15 is 0 Å². The molecule has 3 N–H and O–H groups in total. The number of hydrogen-bond acceptors (Lipinski definition) is 5. The number of amides is 1. The first kappa shape index (κ1) is 20.7. The standard InChI is InChI=1S/C20H26N4O2S2/c1-6-24(10-16(25)23-20(3,4)5)9-15-21-18(26)17-13(11-27-19(17)22-15)14-8-7-12(2)28-14/h7-8,11H,6,9-10H2,1-5H3,(H,23,25)(H,21,22,26)/p+1. The maximum absolute atomic E-state index is 12.8. The Bertz CT molecular complexity index is 1040. The first-order valence-electron chi connectivity index (χ1n) is 9.38. The van der Waals surface area contributed by atoms with Gasteiger partial charge in [0.25, 0.3) is 11.5 Å². The third-order valence-electron chi connectivity index (χ3n) is 4.34. The SMILES string of the molecule is CC[NH+](CC(=O)NC(C)(C)C)Cc1nc2scc(-c3ccc(C)s3)c2c(=O)[nH]1. The molecule has 0 bridgehead atoms. The fourth-order valence-electron chi connectivity index (χ4n) is 3.08. The first-order valence-corrected chi connectivity index (χ1v) is 11.1. The van der Waals surface area contributed by atoms with Crippen LogP contribution in [0.2, 0.25) is 0 Å². The van der Waals surface area contributed by atoms with Crippen LogP contribution >= 0.6 is 22.7 Å². The summed E-state index contributed by atoms with van der Waals surface area (Å²) in [5.41, 5.74) is 0.578. The van der Waals surface area contributed by atoms with Crippen LogP contribution in [-0.4, -0.2) is 34.5 Å². The fourth-order valence-corrected chi connectivity index (χ4v) is 5.00. The van der Waals surface area contributed by atoms with Crippen molar-refractivity contribution >= 4 is 38.8 Å². The number of nitrogens with one attached hydrogen (secondary N) is 3. The van der Waals surface area contributed by atoms with E-state index < -0.39 is 0 Å². The highest BCUT2D eigenvalue weighted by Gasteiger charge is 2.20. The Labute approximate surface area is 172 Å². The lowest BCUT2D eigenvalue weighted by atomic mass is 10.1. The number of thiophene rings is 2. The number of quaternary nitrogens is 1. The van der Waals surface area contributed by atoms with Gasteiger partial charge in [0.2, 0.25) is 0 Å². The van der Waals surface area contributed by atoms with E-state index in [1.165, 1.54) is 16.2 Å². The highest BCUT2D eigenvalue weighted by Crippen LogP contribution is 2.34. The van der Waals surface area contributed by atoms with Crippen molar-refractivity contribution in [3.05, 3.63) is 38.6 Å². The number of hydrogen-bond donors (Lipinski definition) is 3. The fraction of sp³-hybridized carbons (Fsp3) is 0.450. The molecule has 8 heteroatoms. The number of aryl methyl sites for hydroxylation is 1. The summed E-state index contributed by atoms with van der Waals surface area (Å²) in [6, 6.07) is 4.11. The monoisotopic (exact) mass is 419 g/mol. The van der Waals surface area contributed by atoms with Gasteiger partial charge in [0.1, 0.15) is 11.4 Å². The van der Waals surface area contributed by atoms with E-state index in [9.17, 15) is 9.59 Å². The number of rotatable bonds is 6. The van der Waals surface area contributed by atoms with E-state index in [1.807, 2.05) is 39.1 Å². The highest BCUT2D eigenvalue weighted by atomic mass is 32.1. The van der Waals surface area contributed by atoms with E-state index in [-0.39, 0.29) is 17.0 Å². The second-order valence-corrected chi connectivity index (χ2v) is 10.2. The van der Waals surface area contributed by atoms with Gasteiger partial charge in [-0.25, -0.2) is 4.98 Å². The van der Waals surface area contributed by atoms with Gasteiger partial charge in [-0.3, -0.25) is 9.59 Å². The summed E-state index contributed by atoms with van der Waals surface area (Å²) in [6.07, 6.45) is 0. The van der Waals surface area contributed by atoms with E-state index in [1.54, 1.807) is 11.3 Å². The second-order valence-electron chi connectivity index (χ2n) is 8.01. The molecule has 0 aliphatic carbocycles. The molecule has 0 radical (unpaired) electrons. The molecule has 3 aromatic heterocycles. The molecule has 0 saturated heterocycles. The Morgan fingerprint density at radius 3 is 2.68 bits per heavy atom. The van der Waals surface area contributed by atoms with Gasteiger partial charge in [-0.15, -0.1) is 22.7 Å². The van der Waals surface area contributed by atoms with Crippen LogP contribution in [-0.2, 0) is 11.3 Å². The third-order valence-corrected chi connectivity index (χ3v) is 6.25. The first-order chi connectivity index (χ1) is 13.2. The minimum atomic E-state index is -0.255. The zero-order chi connectivity index (χ0) is 20.5. The molecule has 3 rings (SSSR count). The lowest BCUT2D eigenvalue weighted by Gasteiger charge is -2.23. The Morgan fingerprint density at radius 1 is 1.32 bits per heavy atom. The molecule has 1 unspecified atom stereocenters. The predicted molar refractivity (Wildman–Crippen MR) is 116 cm³/mol. The van der Waals surface area contributed by atoms with Crippen LogP contribution in [0.3, 0.4) is 0 Å². The molecule has 1 atom stereocenters. The van der Waals surface area contributed by atoms with Gasteiger partial charge in [-0.1, -0.05) is 0 Å². The van der Waals surface area contributed by atoms with Crippen LogP contribution < -0.4 is 15.8 Å². The summed E-state index contributed by atoms with van der Waals surface area (Å²) in [5.74, 6) is 0.618. The van der Waals surface area contributed by atoms with Crippen LogP contribution in [0.4, 0.5) is 0 Å². The average Bonchev–Trinajstić information content (AvgIpc) is 3.18. The van der Waals surface area contributed by atoms with Gasteiger partial charge in [0, 0.05) is 26.2 Å². The van der Waals surface area contributed by atoms with Gasteiger partial charge < -0.3 is 15.2 Å². The van der Waals surface area contributed by atoms with Crippen LogP contribution in [0.25, 0.3) is 20.7 Å². The molecule has 6 nitrogen and oxygen atoms in total. The van der Waals surface area contributed by atoms with Gasteiger partial charge in [0.15, 0.2) is 12.4 Å². The largest absolute Gasteiger partial charge is 0.347 e. The number of aromatic nitrogens is 2. The van der Waals surface area contributed by atoms with Crippen molar-refractivity contribution in [1.82, 2.24) is 15.3 Å². The van der Waals surface area contributed by atoms with Crippen molar-refractivity contribution in [2.24, 2.45) is 0 Å². The second kappa shape index (κ2) is 8.14. The molecule has 0 aliphatic rings. The number of carbonyl (C=O) groups excluding carboxylic acids is 1. The summed E-state index contributed by atoms with van der Waals surface area (Å²) in [4.78, 5) is 36.7. The van der Waals surface area contributed by atoms with E-state index in [4.69, 9.17) is 0 Å². The Balaban J connectivity index is 1.82. The summed E-state index contributed by atoms with van der Waals surface area (Å²) in [6.45, 7) is 11.6. The molecular formula is C20H27N4O2S2+. The zero-order valence-corrected chi connectivity index (χ0v) is 18.6. The number of carbonyl (C=O) groups is 1. The van der Waals surface area contributed by atoms with E-state index in [0.29, 0.717) is 24.3 Å². The van der Waals surface area contributed by atoms with Crippen molar-refractivity contribution in [3.63, 3.8) is 0 Å². The molecule has 0 aliphatic heterocycles. The highest BCUT2D eigenvalue weighted by molar-refractivity contribution is 7.19. The van der Waals surface area contributed by atoms with Gasteiger partial charge >= 0.3 is 0 Å². The molecular weight excluding hydrogens is 392 g/mol. The average molecular weight is 420 g/mol. The Morgan fingerprint density at radius 2 is 2.07 bits per heavy atom. The lowest BCUT2D eigenvalue weighted by Crippen LogP contribution is -3.11. The number of H-pyrrole nitrogens is 1. The summed E-state index contributed by atoms with van der Waals surface area (Å²) < 4.78 is 0. The van der Waals surface area contributed by atoms with Gasteiger partial charge in [-0.05, 0) is 46.8 Å². The molecule has 0 aromatic carbocycles. The predicted octanol–water partition coefficient (Wildman–Crippen LogP) is 2.34. The van der Waals surface area contributed by atoms with Crippen molar-refractivity contribution in [2.75, 3.05) is 13.1 Å². The van der Waals surface area contributed by atoms with Crippen molar-refractivity contribution in [3.8, 4) is 10.4 Å². The summed E-state index contributed by atoms with van der Waals surface area (Å²) >= 11 is 3.17. The van der Waals surface area contributed by atoms with Crippen LogP contribution in [0.15, 0.2) is 22.3 Å². The Kier molecular flexibility index (Phi) is 6.02.